The van der Waals surface area contributed by atoms with Gasteiger partial charge in [0.2, 0.25) is 0 Å². The van der Waals surface area contributed by atoms with E-state index in [4.69, 9.17) is 4.74 Å². The summed E-state index contributed by atoms with van der Waals surface area (Å²) in [4.78, 5) is 0.246. The molecule has 1 saturated carbocycles. The van der Waals surface area contributed by atoms with Crippen LogP contribution in [-0.4, -0.2) is 26.9 Å². The third-order valence-electron chi connectivity index (χ3n) is 4.64. The first-order valence-electron chi connectivity index (χ1n) is 8.01. The number of hydrogen-bond donors (Lipinski definition) is 0. The third kappa shape index (κ3) is 3.12. The van der Waals surface area contributed by atoms with E-state index in [-0.39, 0.29) is 11.5 Å². The highest BCUT2D eigenvalue weighted by Crippen LogP contribution is 2.63. The Morgan fingerprint density at radius 2 is 1.80 bits per heavy atom. The van der Waals surface area contributed by atoms with Crippen LogP contribution in [0.4, 0.5) is 0 Å². The quantitative estimate of drug-likeness (QED) is 0.710. The van der Waals surface area contributed by atoms with E-state index in [1.807, 2.05) is 31.2 Å². The first-order valence-corrected chi connectivity index (χ1v) is 10.3. The predicted octanol–water partition coefficient (Wildman–Crippen LogP) is 3.94. The molecular weight excluding hydrogens is 402 g/mol. The summed E-state index contributed by atoms with van der Waals surface area (Å²) in [6.07, 6.45) is 0. The summed E-state index contributed by atoms with van der Waals surface area (Å²) in [5.74, 6) is -0.401. The highest BCUT2D eigenvalue weighted by Gasteiger charge is 2.72. The Kier molecular flexibility index (Phi) is 5.01. The average Bonchev–Trinajstić information content (AvgIpc) is 3.31. The van der Waals surface area contributed by atoms with E-state index in [0.29, 0.717) is 6.61 Å². The molecule has 6 heteroatoms. The summed E-state index contributed by atoms with van der Waals surface area (Å²) >= 11 is 3.39. The van der Waals surface area contributed by atoms with Crippen molar-refractivity contribution in [2.75, 3.05) is 13.2 Å². The molecule has 0 aromatic heterocycles. The topological polar surface area (TPSA) is 67.2 Å². The molecule has 0 saturated heterocycles. The lowest BCUT2D eigenvalue weighted by molar-refractivity contribution is 0.117. The molecule has 0 aliphatic heterocycles. The molecular formula is C19H18BrNO3S. The van der Waals surface area contributed by atoms with Crippen LogP contribution in [0.2, 0.25) is 0 Å². The normalized spacial score (nSPS) is 25.3. The Morgan fingerprint density at radius 3 is 2.36 bits per heavy atom. The summed E-state index contributed by atoms with van der Waals surface area (Å²) < 4.78 is 32.7. The van der Waals surface area contributed by atoms with Crippen LogP contribution in [0.5, 0.6) is 0 Å². The van der Waals surface area contributed by atoms with Crippen LogP contribution in [0.3, 0.4) is 0 Å². The number of hydrogen-bond acceptors (Lipinski definition) is 4. The van der Waals surface area contributed by atoms with Crippen LogP contribution in [0.1, 0.15) is 18.4 Å². The van der Waals surface area contributed by atoms with E-state index >= 15 is 0 Å². The minimum absolute atomic E-state index is 0.109. The number of halogens is 1. The molecule has 0 unspecified atom stereocenters. The van der Waals surface area contributed by atoms with E-state index < -0.39 is 26.4 Å². The van der Waals surface area contributed by atoms with Crippen molar-refractivity contribution >= 4 is 25.8 Å². The van der Waals surface area contributed by atoms with Gasteiger partial charge in [-0.3, -0.25) is 0 Å². The second-order valence-electron chi connectivity index (χ2n) is 6.10. The largest absolute Gasteiger partial charge is 0.380 e. The van der Waals surface area contributed by atoms with Gasteiger partial charge in [0.05, 0.1) is 22.8 Å². The summed E-state index contributed by atoms with van der Waals surface area (Å²) in [6.45, 7) is 2.38. The molecule has 0 spiro atoms. The van der Waals surface area contributed by atoms with Crippen LogP contribution in [0, 0.1) is 16.7 Å². The first kappa shape index (κ1) is 18.1. The highest BCUT2D eigenvalue weighted by molar-refractivity contribution is 9.10. The second kappa shape index (κ2) is 6.91. The standard InChI is InChI=1S/C19H18BrNO3S/c1-2-24-13-19(12-21)17(14-8-10-15(20)11-9-14)18(19)25(22,23)16-6-4-3-5-7-16/h3-11,17-18H,2,13H2,1H3/t17-,18-,19-/m1/s1. The SMILES string of the molecule is CCOC[C@]1(C#N)[C@H](c2ccc(Br)cc2)[C@H]1S(=O)(=O)c1ccccc1. The molecule has 0 N–H and O–H groups in total. The average molecular weight is 420 g/mol. The molecule has 130 valence electrons. The van der Waals surface area contributed by atoms with Gasteiger partial charge in [0.1, 0.15) is 5.41 Å². The fourth-order valence-electron chi connectivity index (χ4n) is 3.37. The minimum atomic E-state index is -3.64. The molecule has 2 aromatic carbocycles. The summed E-state index contributed by atoms with van der Waals surface area (Å²) in [5, 5.41) is 9.04. The van der Waals surface area contributed by atoms with Gasteiger partial charge in [0, 0.05) is 17.0 Å². The fraction of sp³-hybridized carbons (Fsp3) is 0.316. The van der Waals surface area contributed by atoms with Crippen molar-refractivity contribution < 1.29 is 13.2 Å². The Labute approximate surface area is 156 Å². The van der Waals surface area contributed by atoms with Crippen LogP contribution in [0.15, 0.2) is 64.0 Å². The lowest BCUT2D eigenvalue weighted by atomic mass is 10.0. The van der Waals surface area contributed by atoms with E-state index in [2.05, 4.69) is 22.0 Å². The molecule has 3 rings (SSSR count). The summed E-state index contributed by atoms with van der Waals surface area (Å²) in [6, 6.07) is 18.0. The Morgan fingerprint density at radius 1 is 1.16 bits per heavy atom. The van der Waals surface area contributed by atoms with Gasteiger partial charge in [-0.05, 0) is 36.8 Å². The van der Waals surface area contributed by atoms with Crippen LogP contribution < -0.4 is 0 Å². The number of nitrogens with zero attached hydrogens (tertiary/aromatic N) is 1. The lowest BCUT2D eigenvalue weighted by Crippen LogP contribution is -2.19. The number of ether oxygens (including phenoxy) is 1. The number of sulfone groups is 1. The first-order chi connectivity index (χ1) is 12.0. The van der Waals surface area contributed by atoms with Gasteiger partial charge in [-0.2, -0.15) is 5.26 Å². The van der Waals surface area contributed by atoms with Gasteiger partial charge < -0.3 is 4.74 Å². The maximum atomic E-state index is 13.2. The molecule has 0 radical (unpaired) electrons. The van der Waals surface area contributed by atoms with Crippen molar-refractivity contribution in [3.05, 3.63) is 64.6 Å². The van der Waals surface area contributed by atoms with Crippen molar-refractivity contribution in [1.82, 2.24) is 0 Å². The Hall–Kier alpha value is -1.68. The summed E-state index contributed by atoms with van der Waals surface area (Å²) in [7, 11) is -3.64. The lowest BCUT2D eigenvalue weighted by Gasteiger charge is -2.09. The van der Waals surface area contributed by atoms with E-state index in [1.165, 1.54) is 0 Å². The molecule has 1 fully saturated rings. The molecule has 2 aromatic rings. The molecule has 25 heavy (non-hydrogen) atoms. The zero-order chi connectivity index (χ0) is 18.1. The molecule has 1 aliphatic carbocycles. The third-order valence-corrected chi connectivity index (χ3v) is 7.46. The highest BCUT2D eigenvalue weighted by atomic mass is 79.9. The second-order valence-corrected chi connectivity index (χ2v) is 9.08. The van der Waals surface area contributed by atoms with Gasteiger partial charge in [-0.25, -0.2) is 8.42 Å². The number of rotatable bonds is 6. The zero-order valence-corrected chi connectivity index (χ0v) is 16.1. The zero-order valence-electron chi connectivity index (χ0n) is 13.7. The van der Waals surface area contributed by atoms with Gasteiger partial charge in [0.25, 0.3) is 0 Å². The minimum Gasteiger partial charge on any atom is -0.380 e. The van der Waals surface area contributed by atoms with Gasteiger partial charge in [-0.1, -0.05) is 46.3 Å². The number of benzene rings is 2. The smallest absolute Gasteiger partial charge is 0.183 e. The molecule has 1 aliphatic rings. The number of nitriles is 1. The maximum absolute atomic E-state index is 13.2. The Bertz CT molecular complexity index is 891. The van der Waals surface area contributed by atoms with Gasteiger partial charge in [0.15, 0.2) is 9.84 Å². The van der Waals surface area contributed by atoms with Gasteiger partial charge >= 0.3 is 0 Å². The van der Waals surface area contributed by atoms with Crippen molar-refractivity contribution in [2.45, 2.75) is 23.0 Å². The Balaban J connectivity index is 2.06. The van der Waals surface area contributed by atoms with Crippen molar-refractivity contribution in [1.29, 1.82) is 5.26 Å². The van der Waals surface area contributed by atoms with Crippen molar-refractivity contribution in [3.8, 4) is 6.07 Å². The van der Waals surface area contributed by atoms with Crippen LogP contribution in [0.25, 0.3) is 0 Å². The van der Waals surface area contributed by atoms with E-state index in [9.17, 15) is 13.7 Å². The van der Waals surface area contributed by atoms with Gasteiger partial charge in [-0.15, -0.1) is 0 Å². The molecule has 0 heterocycles. The predicted molar refractivity (Wildman–Crippen MR) is 98.8 cm³/mol. The van der Waals surface area contributed by atoms with E-state index in [1.54, 1.807) is 30.3 Å². The van der Waals surface area contributed by atoms with Crippen LogP contribution in [-0.2, 0) is 14.6 Å². The summed E-state index contributed by atoms with van der Waals surface area (Å²) in [5.41, 5.74) is -0.215. The van der Waals surface area contributed by atoms with Crippen molar-refractivity contribution in [2.24, 2.45) is 5.41 Å². The fourth-order valence-corrected chi connectivity index (χ4v) is 5.96. The molecule has 0 bridgehead atoms. The monoisotopic (exact) mass is 419 g/mol. The molecule has 4 nitrogen and oxygen atoms in total. The molecule has 3 atom stereocenters. The molecule has 0 amide bonds. The van der Waals surface area contributed by atoms with E-state index in [0.717, 1.165) is 10.0 Å². The maximum Gasteiger partial charge on any atom is 0.183 e. The van der Waals surface area contributed by atoms with Crippen LogP contribution >= 0.6 is 15.9 Å². The van der Waals surface area contributed by atoms with Crippen molar-refractivity contribution in [3.63, 3.8) is 0 Å².